The van der Waals surface area contributed by atoms with Gasteiger partial charge in [0.05, 0.1) is 0 Å². The number of carbonyl (C=O) groups is 9. The summed E-state index contributed by atoms with van der Waals surface area (Å²) < 4.78 is 30.8. The highest BCUT2D eigenvalue weighted by molar-refractivity contribution is 5.92. The lowest BCUT2D eigenvalue weighted by Gasteiger charge is -2.17. The Morgan fingerprint density at radius 3 is 0.926 bits per heavy atom. The van der Waals surface area contributed by atoms with E-state index in [1.165, 1.54) is 18.2 Å². The molecule has 0 aliphatic rings. The van der Waals surface area contributed by atoms with Gasteiger partial charge < -0.3 is 43.7 Å². The summed E-state index contributed by atoms with van der Waals surface area (Å²) in [5.74, 6) is -9.41. The second-order valence-corrected chi connectivity index (χ2v) is 10.6. The molecule has 3 N–H and O–H groups in total. The predicted octanol–water partition coefficient (Wildman–Crippen LogP) is 2.71. The molecule has 3 unspecified atom stereocenters. The van der Waals surface area contributed by atoms with Gasteiger partial charge in [0.1, 0.15) is 31.5 Å². The van der Waals surface area contributed by atoms with Gasteiger partial charge in [0.15, 0.2) is 6.10 Å². The van der Waals surface area contributed by atoms with Crippen molar-refractivity contribution < 1.29 is 86.9 Å². The fourth-order valence-corrected chi connectivity index (χ4v) is 3.64. The van der Waals surface area contributed by atoms with Crippen molar-refractivity contribution in [2.75, 3.05) is 13.2 Å². The van der Waals surface area contributed by atoms with Crippen LogP contribution in [0, 0.1) is 0 Å². The number of hydrogen-bond acceptors (Lipinski definition) is 15. The van der Waals surface area contributed by atoms with Crippen molar-refractivity contribution in [3.8, 4) is 0 Å². The lowest BCUT2D eigenvalue weighted by atomic mass is 10.2. The SMILES string of the molecule is CCC(CC=CC(=O)OCC(COC(=O)C=CCC(CC)OC(=O)/C=C\C(=O)O)OC(=O)C=CCC(CC)OC(=O)/C=C\C(=O)O)OC(=O)/C=C\C(=O)O. The van der Waals surface area contributed by atoms with E-state index in [-0.39, 0.29) is 19.3 Å². The van der Waals surface area contributed by atoms with Crippen LogP contribution in [0.2, 0.25) is 0 Å². The molecule has 0 saturated heterocycles. The molecule has 0 aromatic heterocycles. The number of carboxylic acid groups (broad SMARTS) is 3. The van der Waals surface area contributed by atoms with E-state index < -0.39 is 91.4 Å². The van der Waals surface area contributed by atoms with Crippen LogP contribution in [0.4, 0.5) is 0 Å². The van der Waals surface area contributed by atoms with Crippen molar-refractivity contribution >= 4 is 53.7 Å². The number of esters is 6. The molecule has 0 aromatic rings. The van der Waals surface area contributed by atoms with Crippen LogP contribution in [0.15, 0.2) is 72.9 Å². The summed E-state index contributed by atoms with van der Waals surface area (Å²) in [4.78, 5) is 104. The number of aliphatic carboxylic acids is 3. The average Bonchev–Trinajstić information content (AvgIpc) is 3.11. The van der Waals surface area contributed by atoms with Gasteiger partial charge in [-0.2, -0.15) is 0 Å². The van der Waals surface area contributed by atoms with Crippen molar-refractivity contribution in [2.45, 2.75) is 83.7 Å². The molecule has 0 heterocycles. The van der Waals surface area contributed by atoms with Gasteiger partial charge >= 0.3 is 53.7 Å². The molecule has 0 fully saturated rings. The maximum Gasteiger partial charge on any atom is 0.331 e. The Morgan fingerprint density at radius 2 is 0.648 bits per heavy atom. The van der Waals surface area contributed by atoms with E-state index in [2.05, 4.69) is 0 Å². The first-order valence-corrected chi connectivity index (χ1v) is 16.5. The first-order valence-electron chi connectivity index (χ1n) is 16.5. The Kier molecular flexibility index (Phi) is 25.0. The second kappa shape index (κ2) is 28.3. The van der Waals surface area contributed by atoms with Gasteiger partial charge in [0, 0.05) is 73.9 Å². The molecule has 0 radical (unpaired) electrons. The summed E-state index contributed by atoms with van der Waals surface area (Å²) in [5.41, 5.74) is 0. The zero-order chi connectivity index (χ0) is 40.9. The summed E-state index contributed by atoms with van der Waals surface area (Å²) in [6, 6.07) is 0. The van der Waals surface area contributed by atoms with Gasteiger partial charge in [-0.15, -0.1) is 0 Å². The zero-order valence-corrected chi connectivity index (χ0v) is 29.9. The van der Waals surface area contributed by atoms with E-state index in [9.17, 15) is 43.2 Å². The second-order valence-electron chi connectivity index (χ2n) is 10.6. The smallest absolute Gasteiger partial charge is 0.331 e. The van der Waals surface area contributed by atoms with Crippen molar-refractivity contribution in [2.24, 2.45) is 0 Å². The minimum Gasteiger partial charge on any atom is -0.478 e. The van der Waals surface area contributed by atoms with Crippen LogP contribution in [-0.4, -0.2) is 107 Å². The minimum atomic E-state index is -1.34. The van der Waals surface area contributed by atoms with Crippen LogP contribution in [0.3, 0.4) is 0 Å². The minimum absolute atomic E-state index is 0.0519. The molecule has 0 aliphatic carbocycles. The first kappa shape index (κ1) is 47.7. The highest BCUT2D eigenvalue weighted by atomic mass is 16.6. The van der Waals surface area contributed by atoms with Crippen molar-refractivity contribution in [3.05, 3.63) is 72.9 Å². The third-order valence-electron chi connectivity index (χ3n) is 6.36. The quantitative estimate of drug-likeness (QED) is 0.0649. The van der Waals surface area contributed by atoms with E-state index in [0.717, 1.165) is 36.5 Å². The maximum atomic E-state index is 12.6. The molecule has 3 atom stereocenters. The molecule has 0 aliphatic heterocycles. The van der Waals surface area contributed by atoms with Gasteiger partial charge in [0.2, 0.25) is 0 Å². The molecule has 0 aromatic carbocycles. The van der Waals surface area contributed by atoms with Crippen molar-refractivity contribution in [3.63, 3.8) is 0 Å². The lowest BCUT2D eigenvalue weighted by molar-refractivity contribution is -0.160. The molecule has 18 nitrogen and oxygen atoms in total. The summed E-state index contributed by atoms with van der Waals surface area (Å²) in [5, 5.41) is 25.9. The molecule has 0 saturated carbocycles. The van der Waals surface area contributed by atoms with Crippen LogP contribution in [0.25, 0.3) is 0 Å². The van der Waals surface area contributed by atoms with Crippen LogP contribution in [0.5, 0.6) is 0 Å². The van der Waals surface area contributed by atoms with Crippen molar-refractivity contribution in [1.29, 1.82) is 0 Å². The van der Waals surface area contributed by atoms with E-state index in [0.29, 0.717) is 37.5 Å². The van der Waals surface area contributed by atoms with E-state index in [1.807, 2.05) is 0 Å². The molecule has 54 heavy (non-hydrogen) atoms. The number of rotatable bonds is 26. The molecular formula is C36H44O18. The topological polar surface area (TPSA) is 270 Å². The Balaban J connectivity index is 5.46. The van der Waals surface area contributed by atoms with Gasteiger partial charge in [0.25, 0.3) is 0 Å². The van der Waals surface area contributed by atoms with Gasteiger partial charge in [-0.1, -0.05) is 39.0 Å². The van der Waals surface area contributed by atoms with E-state index in [1.54, 1.807) is 20.8 Å². The molecule has 0 spiro atoms. The fourth-order valence-electron chi connectivity index (χ4n) is 3.64. The van der Waals surface area contributed by atoms with Gasteiger partial charge in [-0.3, -0.25) is 0 Å². The number of ether oxygens (including phenoxy) is 6. The lowest BCUT2D eigenvalue weighted by Crippen LogP contribution is -2.30. The number of hydrogen-bond donors (Lipinski definition) is 3. The standard InChI is InChI=1S/C36H44O18/c1-4-24(51-34(46)19-16-28(37)38)10-7-13-31(43)49-22-27(54-33(45)15-9-12-26(6-3)53-36(48)21-18-30(41)42)23-50-32(44)14-8-11-25(5-2)52-35(47)20-17-29(39)40/h7-9,13-21,24-27H,4-6,10-12,22-23H2,1-3H3,(H,37,38)(H,39,40)(H,41,42)/b13-7?,14-8?,15-9?,19-16-,20-17-,21-18-. The zero-order valence-electron chi connectivity index (χ0n) is 29.9. The Morgan fingerprint density at radius 1 is 0.389 bits per heavy atom. The van der Waals surface area contributed by atoms with Crippen LogP contribution >= 0.6 is 0 Å². The van der Waals surface area contributed by atoms with E-state index in [4.69, 9.17) is 43.7 Å². The van der Waals surface area contributed by atoms with Gasteiger partial charge in [-0.05, 0) is 19.3 Å². The summed E-state index contributed by atoms with van der Waals surface area (Å²) in [6.45, 7) is 3.94. The molecule has 0 bridgehead atoms. The monoisotopic (exact) mass is 764 g/mol. The molecule has 0 rings (SSSR count). The van der Waals surface area contributed by atoms with Gasteiger partial charge in [-0.25, -0.2) is 43.2 Å². The molecule has 18 heteroatoms. The third-order valence-corrected chi connectivity index (χ3v) is 6.36. The summed E-state index contributed by atoms with van der Waals surface area (Å²) in [6.07, 6.45) is 8.95. The predicted molar refractivity (Wildman–Crippen MR) is 184 cm³/mol. The highest BCUT2D eigenvalue weighted by Gasteiger charge is 2.19. The normalized spacial score (nSPS) is 13.8. The largest absolute Gasteiger partial charge is 0.478 e. The first-order chi connectivity index (χ1) is 25.6. The van der Waals surface area contributed by atoms with Crippen LogP contribution in [-0.2, 0) is 71.6 Å². The Bertz CT molecular complexity index is 1410. The van der Waals surface area contributed by atoms with E-state index >= 15 is 0 Å². The summed E-state index contributed by atoms with van der Waals surface area (Å²) in [7, 11) is 0. The van der Waals surface area contributed by atoms with Crippen molar-refractivity contribution in [1.82, 2.24) is 0 Å². The average molecular weight is 765 g/mol. The highest BCUT2D eigenvalue weighted by Crippen LogP contribution is 2.09. The van der Waals surface area contributed by atoms with Crippen LogP contribution < -0.4 is 0 Å². The molecule has 0 amide bonds. The molecule has 296 valence electrons. The van der Waals surface area contributed by atoms with Crippen LogP contribution in [0.1, 0.15) is 59.3 Å². The fraction of sp³-hybridized carbons (Fsp3) is 0.417. The Labute approximate surface area is 310 Å². The molecular weight excluding hydrogens is 720 g/mol. The summed E-state index contributed by atoms with van der Waals surface area (Å²) >= 11 is 0. The number of carboxylic acids is 3. The Hall–Kier alpha value is -6.33. The maximum absolute atomic E-state index is 12.6. The third kappa shape index (κ3) is 26.5. The number of carbonyl (C=O) groups excluding carboxylic acids is 6.